The maximum absolute atomic E-state index is 12.6. The van der Waals surface area contributed by atoms with Crippen LogP contribution in [0.1, 0.15) is 32.2 Å². The quantitative estimate of drug-likeness (QED) is 0.554. The second-order valence-electron chi connectivity index (χ2n) is 6.53. The summed E-state index contributed by atoms with van der Waals surface area (Å²) in [6.45, 7) is 1.88. The SMILES string of the molecule is Cc1nn(C)c2ncc(C(=O)Nc3ccc(C(=O)c4nccn4C)cc3)cc12. The Labute approximate surface area is 160 Å². The second kappa shape index (κ2) is 6.73. The molecule has 0 aliphatic rings. The summed E-state index contributed by atoms with van der Waals surface area (Å²) in [5.74, 6) is -0.0871. The number of rotatable bonds is 4. The molecule has 0 saturated heterocycles. The topological polar surface area (TPSA) is 94.7 Å². The number of anilines is 1. The summed E-state index contributed by atoms with van der Waals surface area (Å²) in [6.07, 6.45) is 4.82. The highest BCUT2D eigenvalue weighted by molar-refractivity contribution is 6.08. The molecule has 0 spiro atoms. The summed E-state index contributed by atoms with van der Waals surface area (Å²) in [4.78, 5) is 33.4. The lowest BCUT2D eigenvalue weighted by Crippen LogP contribution is -2.13. The molecule has 8 nitrogen and oxygen atoms in total. The van der Waals surface area contributed by atoms with Crippen LogP contribution in [0.25, 0.3) is 11.0 Å². The predicted molar refractivity (Wildman–Crippen MR) is 104 cm³/mol. The van der Waals surface area contributed by atoms with Crippen molar-refractivity contribution in [3.05, 3.63) is 71.6 Å². The monoisotopic (exact) mass is 374 g/mol. The predicted octanol–water partition coefficient (Wildman–Crippen LogP) is 2.49. The first-order valence-corrected chi connectivity index (χ1v) is 8.67. The highest BCUT2D eigenvalue weighted by atomic mass is 16.1. The van der Waals surface area contributed by atoms with Crippen molar-refractivity contribution in [2.24, 2.45) is 14.1 Å². The van der Waals surface area contributed by atoms with Crippen LogP contribution in [0.4, 0.5) is 5.69 Å². The van der Waals surface area contributed by atoms with Crippen LogP contribution in [-0.2, 0) is 14.1 Å². The maximum atomic E-state index is 12.6. The van der Waals surface area contributed by atoms with Crippen molar-refractivity contribution in [2.75, 3.05) is 5.32 Å². The van der Waals surface area contributed by atoms with Gasteiger partial charge in [-0.3, -0.25) is 14.3 Å². The van der Waals surface area contributed by atoms with E-state index >= 15 is 0 Å². The van der Waals surface area contributed by atoms with Crippen LogP contribution in [0.5, 0.6) is 0 Å². The minimum atomic E-state index is -0.277. The van der Waals surface area contributed by atoms with E-state index in [1.54, 1.807) is 59.0 Å². The molecule has 8 heteroatoms. The molecule has 4 rings (SSSR count). The van der Waals surface area contributed by atoms with Gasteiger partial charge in [-0.15, -0.1) is 0 Å². The van der Waals surface area contributed by atoms with E-state index < -0.39 is 0 Å². The third kappa shape index (κ3) is 3.05. The Morgan fingerprint density at radius 2 is 1.79 bits per heavy atom. The van der Waals surface area contributed by atoms with Crippen molar-refractivity contribution in [2.45, 2.75) is 6.92 Å². The normalized spacial score (nSPS) is 11.0. The Kier molecular flexibility index (Phi) is 4.23. The lowest BCUT2D eigenvalue weighted by Gasteiger charge is -2.07. The number of fused-ring (bicyclic) bond motifs is 1. The van der Waals surface area contributed by atoms with Crippen LogP contribution in [-0.4, -0.2) is 36.0 Å². The zero-order valence-electron chi connectivity index (χ0n) is 15.7. The standard InChI is InChI=1S/C20H18N6O2/c1-12-16-10-14(11-22-18(16)26(3)24-12)20(28)23-15-6-4-13(5-7-15)17(27)19-21-8-9-25(19)2/h4-11H,1-3H3,(H,23,28). The largest absolute Gasteiger partial charge is 0.331 e. The van der Waals surface area contributed by atoms with Gasteiger partial charge in [-0.05, 0) is 37.3 Å². The molecule has 140 valence electrons. The first-order valence-electron chi connectivity index (χ1n) is 8.67. The Bertz CT molecular complexity index is 1200. The Balaban J connectivity index is 1.53. The minimum absolute atomic E-state index is 0.174. The smallest absolute Gasteiger partial charge is 0.257 e. The van der Waals surface area contributed by atoms with Crippen molar-refractivity contribution >= 4 is 28.4 Å². The van der Waals surface area contributed by atoms with E-state index in [4.69, 9.17) is 0 Å². The number of pyridine rings is 1. The zero-order chi connectivity index (χ0) is 19.8. The molecule has 3 heterocycles. The van der Waals surface area contributed by atoms with Gasteiger partial charge < -0.3 is 9.88 Å². The lowest BCUT2D eigenvalue weighted by molar-refractivity contribution is 0.102. The number of nitrogens with one attached hydrogen (secondary N) is 1. The molecule has 0 bridgehead atoms. The van der Waals surface area contributed by atoms with Crippen molar-refractivity contribution in [3.63, 3.8) is 0 Å². The van der Waals surface area contributed by atoms with E-state index in [1.807, 2.05) is 14.0 Å². The number of imidazole rings is 1. The highest BCUT2D eigenvalue weighted by Gasteiger charge is 2.15. The fraction of sp³-hybridized carbons (Fsp3) is 0.150. The van der Waals surface area contributed by atoms with Crippen molar-refractivity contribution in [1.29, 1.82) is 0 Å². The number of benzene rings is 1. The summed E-state index contributed by atoms with van der Waals surface area (Å²) in [5.41, 5.74) is 3.07. The van der Waals surface area contributed by atoms with Gasteiger partial charge in [-0.1, -0.05) is 0 Å². The van der Waals surface area contributed by atoms with Gasteiger partial charge in [0.1, 0.15) is 0 Å². The molecule has 28 heavy (non-hydrogen) atoms. The number of nitrogens with zero attached hydrogens (tertiary/aromatic N) is 5. The highest BCUT2D eigenvalue weighted by Crippen LogP contribution is 2.18. The number of aromatic nitrogens is 5. The maximum Gasteiger partial charge on any atom is 0.257 e. The van der Waals surface area contributed by atoms with E-state index in [2.05, 4.69) is 20.4 Å². The molecular formula is C20H18N6O2. The average molecular weight is 374 g/mol. The number of hydrogen-bond donors (Lipinski definition) is 1. The van der Waals surface area contributed by atoms with Crippen LogP contribution in [0.15, 0.2) is 48.9 Å². The van der Waals surface area contributed by atoms with E-state index in [9.17, 15) is 9.59 Å². The van der Waals surface area contributed by atoms with Crippen molar-refractivity contribution < 1.29 is 9.59 Å². The fourth-order valence-electron chi connectivity index (χ4n) is 3.05. The molecule has 3 aromatic heterocycles. The van der Waals surface area contributed by atoms with Crippen LogP contribution >= 0.6 is 0 Å². The molecule has 0 aliphatic heterocycles. The summed E-state index contributed by atoms with van der Waals surface area (Å²) in [5, 5.41) is 7.97. The number of hydrogen-bond acceptors (Lipinski definition) is 5. The Hall–Kier alpha value is -3.81. The molecule has 1 N–H and O–H groups in total. The van der Waals surface area contributed by atoms with E-state index in [-0.39, 0.29) is 11.7 Å². The molecule has 0 unspecified atom stereocenters. The summed E-state index contributed by atoms with van der Waals surface area (Å²) < 4.78 is 3.35. The zero-order valence-corrected chi connectivity index (χ0v) is 15.7. The van der Waals surface area contributed by atoms with Gasteiger partial charge in [0.05, 0.1) is 11.3 Å². The van der Waals surface area contributed by atoms with Gasteiger partial charge in [-0.25, -0.2) is 9.97 Å². The Morgan fingerprint density at radius 3 is 2.46 bits per heavy atom. The van der Waals surface area contributed by atoms with Crippen molar-refractivity contribution in [1.82, 2.24) is 24.3 Å². The number of carbonyl (C=O) groups is 2. The van der Waals surface area contributed by atoms with Gasteiger partial charge in [0.15, 0.2) is 11.5 Å². The van der Waals surface area contributed by atoms with E-state index in [0.29, 0.717) is 22.6 Å². The molecule has 0 atom stereocenters. The molecule has 4 aromatic rings. The fourth-order valence-corrected chi connectivity index (χ4v) is 3.05. The number of amides is 1. The van der Waals surface area contributed by atoms with Gasteiger partial charge in [-0.2, -0.15) is 5.10 Å². The van der Waals surface area contributed by atoms with Crippen LogP contribution < -0.4 is 5.32 Å². The average Bonchev–Trinajstić information content (AvgIpc) is 3.24. The Morgan fingerprint density at radius 1 is 1.04 bits per heavy atom. The van der Waals surface area contributed by atoms with E-state index in [0.717, 1.165) is 16.7 Å². The van der Waals surface area contributed by atoms with Gasteiger partial charge in [0.2, 0.25) is 5.78 Å². The third-order valence-corrected chi connectivity index (χ3v) is 4.55. The first kappa shape index (κ1) is 17.6. The molecule has 0 saturated carbocycles. The molecule has 1 amide bonds. The third-order valence-electron chi connectivity index (χ3n) is 4.55. The lowest BCUT2D eigenvalue weighted by atomic mass is 10.1. The van der Waals surface area contributed by atoms with E-state index in [1.165, 1.54) is 6.20 Å². The minimum Gasteiger partial charge on any atom is -0.331 e. The summed E-state index contributed by atoms with van der Waals surface area (Å²) in [7, 11) is 3.58. The molecule has 0 fully saturated rings. The van der Waals surface area contributed by atoms with Crippen LogP contribution in [0.2, 0.25) is 0 Å². The number of carbonyl (C=O) groups excluding carboxylic acids is 2. The van der Waals surface area contributed by atoms with Gasteiger partial charge in [0, 0.05) is 49.3 Å². The molecule has 0 aliphatic carbocycles. The number of aryl methyl sites for hydroxylation is 3. The summed E-state index contributed by atoms with van der Waals surface area (Å²) >= 11 is 0. The van der Waals surface area contributed by atoms with Crippen LogP contribution in [0, 0.1) is 6.92 Å². The second-order valence-corrected chi connectivity index (χ2v) is 6.53. The molecule has 0 radical (unpaired) electrons. The molecular weight excluding hydrogens is 356 g/mol. The summed E-state index contributed by atoms with van der Waals surface area (Å²) in [6, 6.07) is 8.49. The van der Waals surface area contributed by atoms with Gasteiger partial charge in [0.25, 0.3) is 5.91 Å². The van der Waals surface area contributed by atoms with Gasteiger partial charge >= 0.3 is 0 Å². The van der Waals surface area contributed by atoms with Crippen LogP contribution in [0.3, 0.4) is 0 Å². The van der Waals surface area contributed by atoms with Crippen molar-refractivity contribution in [3.8, 4) is 0 Å². The number of ketones is 1. The molecule has 1 aromatic carbocycles. The first-order chi connectivity index (χ1) is 13.4.